The van der Waals surface area contributed by atoms with Crippen LogP contribution in [0.2, 0.25) is 5.02 Å². The Bertz CT molecular complexity index is 1210. The van der Waals surface area contributed by atoms with Crippen LogP contribution in [0.15, 0.2) is 53.6 Å². The van der Waals surface area contributed by atoms with Crippen molar-refractivity contribution in [1.29, 1.82) is 0 Å². The van der Waals surface area contributed by atoms with Crippen LogP contribution in [0.1, 0.15) is 30.0 Å². The molecule has 33 heavy (non-hydrogen) atoms. The van der Waals surface area contributed by atoms with Gasteiger partial charge in [0.05, 0.1) is 5.69 Å². The second-order valence-corrected chi connectivity index (χ2v) is 9.16. The van der Waals surface area contributed by atoms with Crippen LogP contribution in [0.5, 0.6) is 0 Å². The van der Waals surface area contributed by atoms with Crippen molar-refractivity contribution in [2.24, 2.45) is 0 Å². The van der Waals surface area contributed by atoms with E-state index in [1.54, 1.807) is 12.3 Å². The van der Waals surface area contributed by atoms with Gasteiger partial charge in [0.15, 0.2) is 0 Å². The molecule has 7 nitrogen and oxygen atoms in total. The maximum Gasteiger partial charge on any atom is 0.251 e. The molecule has 1 aliphatic rings. The van der Waals surface area contributed by atoms with Gasteiger partial charge in [0.2, 0.25) is 11.9 Å². The number of nitrogens with zero attached hydrogens (tertiary/aromatic N) is 5. The number of hydrogen-bond donors (Lipinski definition) is 0. The monoisotopic (exact) mass is 465 g/mol. The largest absolute Gasteiger partial charge is 0.347 e. The Kier molecular flexibility index (Phi) is 6.79. The van der Waals surface area contributed by atoms with Crippen molar-refractivity contribution in [3.8, 4) is 11.1 Å². The number of amides is 1. The summed E-state index contributed by atoms with van der Waals surface area (Å²) in [6.07, 6.45) is 5.34. The minimum Gasteiger partial charge on any atom is -0.347 e. The zero-order chi connectivity index (χ0) is 23.5. The molecule has 0 saturated carbocycles. The van der Waals surface area contributed by atoms with Gasteiger partial charge in [-0.2, -0.15) is 0 Å². The molecule has 1 saturated heterocycles. The quantitative estimate of drug-likeness (QED) is 0.574. The van der Waals surface area contributed by atoms with Crippen molar-refractivity contribution in [3.05, 3.63) is 75.4 Å². The lowest BCUT2D eigenvalue weighted by molar-refractivity contribution is -0.133. The number of halogens is 1. The van der Waals surface area contributed by atoms with Crippen molar-refractivity contribution in [1.82, 2.24) is 19.4 Å². The molecule has 3 heterocycles. The lowest BCUT2D eigenvalue weighted by Crippen LogP contribution is -2.42. The average molecular weight is 466 g/mol. The molecule has 1 amide bonds. The first kappa shape index (κ1) is 23.0. The van der Waals surface area contributed by atoms with Gasteiger partial charge in [-0.3, -0.25) is 9.59 Å². The summed E-state index contributed by atoms with van der Waals surface area (Å²) in [7, 11) is 3.83. The first-order valence-corrected chi connectivity index (χ1v) is 11.4. The fraction of sp³-hybridized carbons (Fsp3) is 0.360. The number of benzene rings is 1. The molecule has 0 unspecified atom stereocenters. The average Bonchev–Trinajstić information content (AvgIpc) is 2.81. The summed E-state index contributed by atoms with van der Waals surface area (Å²) in [5.41, 5.74) is 3.60. The van der Waals surface area contributed by atoms with Crippen molar-refractivity contribution < 1.29 is 4.79 Å². The first-order chi connectivity index (χ1) is 15.8. The third kappa shape index (κ3) is 5.25. The number of likely N-dealkylation sites (tertiary alicyclic amines) is 1. The number of rotatable bonds is 5. The summed E-state index contributed by atoms with van der Waals surface area (Å²) in [5, 5.41) is 0.673. The van der Waals surface area contributed by atoms with E-state index < -0.39 is 0 Å². The van der Waals surface area contributed by atoms with E-state index in [-0.39, 0.29) is 23.9 Å². The van der Waals surface area contributed by atoms with Crippen LogP contribution in [-0.2, 0) is 11.3 Å². The Morgan fingerprint density at radius 2 is 1.97 bits per heavy atom. The third-order valence-corrected chi connectivity index (χ3v) is 6.23. The second kappa shape index (κ2) is 9.75. The van der Waals surface area contributed by atoms with Gasteiger partial charge in [-0.1, -0.05) is 23.7 Å². The normalized spacial score (nSPS) is 16.0. The maximum absolute atomic E-state index is 13.1. The Labute approximate surface area is 198 Å². The zero-order valence-corrected chi connectivity index (χ0v) is 19.9. The predicted octanol–water partition coefficient (Wildman–Crippen LogP) is 3.74. The molecule has 2 aromatic heterocycles. The molecular weight excluding hydrogens is 438 g/mol. The third-order valence-electron chi connectivity index (χ3n) is 5.98. The SMILES string of the molecule is Cc1ccn(CC(=O)N2CCC[C@@H](c3nc(N(C)C)ncc3-c3ccc(Cl)cc3)C2)c(=O)c1. The fourth-order valence-corrected chi connectivity index (χ4v) is 4.30. The van der Waals surface area contributed by atoms with E-state index in [2.05, 4.69) is 4.98 Å². The number of carbonyl (C=O) groups is 1. The van der Waals surface area contributed by atoms with Gasteiger partial charge < -0.3 is 14.4 Å². The van der Waals surface area contributed by atoms with Gasteiger partial charge in [-0.25, -0.2) is 9.97 Å². The minimum atomic E-state index is -0.159. The number of hydrogen-bond acceptors (Lipinski definition) is 5. The van der Waals surface area contributed by atoms with Crippen LogP contribution in [-0.4, -0.2) is 52.5 Å². The topological polar surface area (TPSA) is 71.3 Å². The molecule has 1 aromatic carbocycles. The molecule has 0 N–H and O–H groups in total. The number of anilines is 1. The lowest BCUT2D eigenvalue weighted by Gasteiger charge is -2.33. The van der Waals surface area contributed by atoms with Gasteiger partial charge >= 0.3 is 0 Å². The molecule has 1 aliphatic heterocycles. The van der Waals surface area contributed by atoms with Crippen molar-refractivity contribution >= 4 is 23.5 Å². The van der Waals surface area contributed by atoms with E-state index in [9.17, 15) is 9.59 Å². The number of piperidine rings is 1. The molecule has 1 atom stereocenters. The van der Waals surface area contributed by atoms with Crippen LogP contribution in [0, 0.1) is 6.92 Å². The smallest absolute Gasteiger partial charge is 0.251 e. The maximum atomic E-state index is 13.1. The molecule has 4 rings (SSSR count). The Morgan fingerprint density at radius 3 is 2.67 bits per heavy atom. The molecule has 8 heteroatoms. The first-order valence-electron chi connectivity index (χ1n) is 11.1. The Morgan fingerprint density at radius 1 is 1.21 bits per heavy atom. The highest BCUT2D eigenvalue weighted by Crippen LogP contribution is 2.34. The van der Waals surface area contributed by atoms with E-state index in [0.717, 1.165) is 35.2 Å². The Hall–Kier alpha value is -3.19. The molecule has 0 radical (unpaired) electrons. The summed E-state index contributed by atoms with van der Waals surface area (Å²) in [6.45, 7) is 3.15. The molecule has 0 bridgehead atoms. The standard InChI is InChI=1S/C25H28ClN5O2/c1-17-10-12-31(22(32)13-17)16-23(33)30-11-4-5-19(15-30)24-21(14-27-25(28-24)29(2)3)18-6-8-20(26)9-7-18/h6-10,12-14,19H,4-5,11,15-16H2,1-3H3/t19-/m1/s1. The van der Waals surface area contributed by atoms with Gasteiger partial charge in [0.1, 0.15) is 6.54 Å². The van der Waals surface area contributed by atoms with Crippen LogP contribution >= 0.6 is 11.6 Å². The van der Waals surface area contributed by atoms with E-state index in [1.165, 1.54) is 4.57 Å². The molecular formula is C25H28ClN5O2. The highest BCUT2D eigenvalue weighted by atomic mass is 35.5. The second-order valence-electron chi connectivity index (χ2n) is 8.72. The van der Waals surface area contributed by atoms with E-state index in [1.807, 2.05) is 67.3 Å². The van der Waals surface area contributed by atoms with Crippen LogP contribution in [0.3, 0.4) is 0 Å². The highest BCUT2D eigenvalue weighted by molar-refractivity contribution is 6.30. The van der Waals surface area contributed by atoms with E-state index in [0.29, 0.717) is 24.1 Å². The molecule has 0 spiro atoms. The minimum absolute atomic E-state index is 0.0442. The summed E-state index contributed by atoms with van der Waals surface area (Å²) in [6, 6.07) is 11.0. The van der Waals surface area contributed by atoms with Crippen LogP contribution in [0.25, 0.3) is 11.1 Å². The lowest BCUT2D eigenvalue weighted by atomic mass is 9.90. The number of pyridine rings is 1. The summed E-state index contributed by atoms with van der Waals surface area (Å²) in [5.74, 6) is 0.655. The van der Waals surface area contributed by atoms with E-state index in [4.69, 9.17) is 16.6 Å². The van der Waals surface area contributed by atoms with Gasteiger partial charge in [0.25, 0.3) is 5.56 Å². The van der Waals surface area contributed by atoms with Crippen molar-refractivity contribution in [2.75, 3.05) is 32.1 Å². The predicted molar refractivity (Wildman–Crippen MR) is 131 cm³/mol. The summed E-state index contributed by atoms with van der Waals surface area (Å²) < 4.78 is 1.47. The van der Waals surface area contributed by atoms with Gasteiger partial charge in [-0.05, 0) is 49.1 Å². The highest BCUT2D eigenvalue weighted by Gasteiger charge is 2.28. The summed E-state index contributed by atoms with van der Waals surface area (Å²) >= 11 is 6.09. The molecule has 0 aliphatic carbocycles. The van der Waals surface area contributed by atoms with Gasteiger partial charge in [0, 0.05) is 62.1 Å². The number of carbonyl (C=O) groups excluding carboxylic acids is 1. The van der Waals surface area contributed by atoms with Crippen LogP contribution < -0.4 is 10.5 Å². The summed E-state index contributed by atoms with van der Waals surface area (Å²) in [4.78, 5) is 38.4. The van der Waals surface area contributed by atoms with E-state index >= 15 is 0 Å². The van der Waals surface area contributed by atoms with Crippen molar-refractivity contribution in [2.45, 2.75) is 32.2 Å². The molecule has 172 valence electrons. The zero-order valence-electron chi connectivity index (χ0n) is 19.2. The van der Waals surface area contributed by atoms with Gasteiger partial charge in [-0.15, -0.1) is 0 Å². The molecule has 1 fully saturated rings. The molecule has 3 aromatic rings. The van der Waals surface area contributed by atoms with Crippen molar-refractivity contribution in [3.63, 3.8) is 0 Å². The number of aromatic nitrogens is 3. The van der Waals surface area contributed by atoms with Crippen LogP contribution in [0.4, 0.5) is 5.95 Å². The Balaban J connectivity index is 1.61. The number of aryl methyl sites for hydroxylation is 1. The fourth-order valence-electron chi connectivity index (χ4n) is 4.17.